The van der Waals surface area contributed by atoms with Gasteiger partial charge in [-0.3, -0.25) is 0 Å². The van der Waals surface area contributed by atoms with Crippen molar-refractivity contribution in [1.82, 2.24) is 10.2 Å². The number of fused-ring (bicyclic) bond motifs is 1. The van der Waals surface area contributed by atoms with Gasteiger partial charge in [-0.15, -0.1) is 0 Å². The number of benzene rings is 1. The summed E-state index contributed by atoms with van der Waals surface area (Å²) in [5.41, 5.74) is 2.97. The maximum Gasteiger partial charge on any atom is 0.119 e. The van der Waals surface area contributed by atoms with E-state index in [0.29, 0.717) is 6.04 Å². The van der Waals surface area contributed by atoms with E-state index in [2.05, 4.69) is 35.5 Å². The first-order chi connectivity index (χ1) is 9.24. The number of likely N-dealkylation sites (N-methyl/N-ethyl adjacent to an activating group) is 1. The van der Waals surface area contributed by atoms with Crippen LogP contribution in [0.5, 0.6) is 5.75 Å². The third kappa shape index (κ3) is 3.71. The Morgan fingerprint density at radius 3 is 2.95 bits per heavy atom. The van der Waals surface area contributed by atoms with Gasteiger partial charge >= 0.3 is 0 Å². The summed E-state index contributed by atoms with van der Waals surface area (Å²) in [4.78, 5) is 2.51. The van der Waals surface area contributed by atoms with Gasteiger partial charge in [-0.25, -0.2) is 0 Å². The molecule has 1 unspecified atom stereocenters. The summed E-state index contributed by atoms with van der Waals surface area (Å²) in [6.07, 6.45) is 4.84. The summed E-state index contributed by atoms with van der Waals surface area (Å²) in [7, 11) is 6.01. The second-order valence-electron chi connectivity index (χ2n) is 5.47. The Morgan fingerprint density at radius 1 is 1.37 bits per heavy atom. The number of rotatable bonds is 6. The van der Waals surface area contributed by atoms with Crippen molar-refractivity contribution in [2.45, 2.75) is 31.7 Å². The molecule has 106 valence electrons. The first-order valence-electron chi connectivity index (χ1n) is 7.25. The van der Waals surface area contributed by atoms with E-state index in [1.165, 1.54) is 36.9 Å². The Labute approximate surface area is 116 Å². The Bertz CT molecular complexity index is 406. The summed E-state index contributed by atoms with van der Waals surface area (Å²) in [5.74, 6) is 0.984. The highest BCUT2D eigenvalue weighted by molar-refractivity contribution is 5.37. The number of hydrogen-bond donors (Lipinski definition) is 1. The van der Waals surface area contributed by atoms with E-state index in [0.717, 1.165) is 18.7 Å². The van der Waals surface area contributed by atoms with E-state index in [9.17, 15) is 0 Å². The molecule has 1 atom stereocenters. The van der Waals surface area contributed by atoms with Crippen LogP contribution < -0.4 is 10.1 Å². The Morgan fingerprint density at radius 2 is 2.21 bits per heavy atom. The van der Waals surface area contributed by atoms with Crippen molar-refractivity contribution in [2.75, 3.05) is 34.3 Å². The maximum atomic E-state index is 5.33. The van der Waals surface area contributed by atoms with Crippen LogP contribution >= 0.6 is 0 Å². The highest BCUT2D eigenvalue weighted by Crippen LogP contribution is 2.27. The smallest absolute Gasteiger partial charge is 0.119 e. The second kappa shape index (κ2) is 6.92. The van der Waals surface area contributed by atoms with Crippen LogP contribution in [-0.2, 0) is 12.8 Å². The lowest BCUT2D eigenvalue weighted by Crippen LogP contribution is -2.37. The molecule has 1 aliphatic rings. The molecule has 3 heteroatoms. The molecule has 1 aromatic carbocycles. The zero-order chi connectivity index (χ0) is 13.7. The SMILES string of the molecule is CNCCCN(C)C1CCc2ccc(OC)cc2C1. The molecule has 0 aliphatic heterocycles. The van der Waals surface area contributed by atoms with Crippen LogP contribution in [0.2, 0.25) is 0 Å². The molecule has 2 rings (SSSR count). The molecular weight excluding hydrogens is 236 g/mol. The lowest BCUT2D eigenvalue weighted by Gasteiger charge is -2.32. The quantitative estimate of drug-likeness (QED) is 0.795. The fraction of sp³-hybridized carbons (Fsp3) is 0.625. The van der Waals surface area contributed by atoms with Crippen LogP contribution in [-0.4, -0.2) is 45.2 Å². The van der Waals surface area contributed by atoms with Crippen LogP contribution in [0.1, 0.15) is 24.0 Å². The summed E-state index contributed by atoms with van der Waals surface area (Å²) < 4.78 is 5.33. The normalized spacial score (nSPS) is 18.4. The number of aryl methyl sites for hydroxylation is 1. The van der Waals surface area contributed by atoms with Gasteiger partial charge in [0.2, 0.25) is 0 Å². The van der Waals surface area contributed by atoms with Gasteiger partial charge in [0.05, 0.1) is 7.11 Å². The minimum absolute atomic E-state index is 0.677. The predicted molar refractivity (Wildman–Crippen MR) is 80.0 cm³/mol. The van der Waals surface area contributed by atoms with E-state index >= 15 is 0 Å². The molecule has 3 nitrogen and oxygen atoms in total. The monoisotopic (exact) mass is 262 g/mol. The highest BCUT2D eigenvalue weighted by atomic mass is 16.5. The van der Waals surface area contributed by atoms with E-state index in [1.807, 2.05) is 7.05 Å². The van der Waals surface area contributed by atoms with Gasteiger partial charge in [0.15, 0.2) is 0 Å². The predicted octanol–water partition coefficient (Wildman–Crippen LogP) is 2.09. The minimum Gasteiger partial charge on any atom is -0.497 e. The lowest BCUT2D eigenvalue weighted by atomic mass is 9.87. The van der Waals surface area contributed by atoms with Gasteiger partial charge in [-0.2, -0.15) is 0 Å². The molecule has 1 N–H and O–H groups in total. The van der Waals surface area contributed by atoms with Crippen molar-refractivity contribution in [3.8, 4) is 5.75 Å². The van der Waals surface area contributed by atoms with Crippen LogP contribution in [0, 0.1) is 0 Å². The Kier molecular flexibility index (Phi) is 5.23. The summed E-state index contributed by atoms with van der Waals surface area (Å²) in [5, 5.41) is 3.21. The fourth-order valence-corrected chi connectivity index (χ4v) is 2.91. The second-order valence-corrected chi connectivity index (χ2v) is 5.47. The molecule has 0 radical (unpaired) electrons. The average Bonchev–Trinajstić information content (AvgIpc) is 2.46. The third-order valence-corrected chi connectivity index (χ3v) is 4.18. The first kappa shape index (κ1) is 14.4. The summed E-state index contributed by atoms with van der Waals surface area (Å²) >= 11 is 0. The highest BCUT2D eigenvalue weighted by Gasteiger charge is 2.22. The van der Waals surface area contributed by atoms with Gasteiger partial charge in [-0.05, 0) is 76.1 Å². The van der Waals surface area contributed by atoms with Crippen molar-refractivity contribution in [3.05, 3.63) is 29.3 Å². The molecule has 0 amide bonds. The molecule has 0 saturated heterocycles. The molecule has 0 saturated carbocycles. The zero-order valence-electron chi connectivity index (χ0n) is 12.4. The van der Waals surface area contributed by atoms with Gasteiger partial charge in [0, 0.05) is 6.04 Å². The van der Waals surface area contributed by atoms with Crippen LogP contribution in [0.4, 0.5) is 0 Å². The van der Waals surface area contributed by atoms with Crippen molar-refractivity contribution in [3.63, 3.8) is 0 Å². The average molecular weight is 262 g/mol. The number of nitrogens with one attached hydrogen (secondary N) is 1. The standard InChI is InChI=1S/C16H26N2O/c1-17-9-4-10-18(2)15-7-5-13-6-8-16(19-3)12-14(13)11-15/h6,8,12,15,17H,4-5,7,9-11H2,1-3H3. The van der Waals surface area contributed by atoms with Gasteiger partial charge < -0.3 is 15.0 Å². The molecule has 0 fully saturated rings. The number of nitrogens with zero attached hydrogens (tertiary/aromatic N) is 1. The Balaban J connectivity index is 1.96. The summed E-state index contributed by atoms with van der Waals surface area (Å²) in [6.45, 7) is 2.27. The molecule has 1 aliphatic carbocycles. The topological polar surface area (TPSA) is 24.5 Å². The van der Waals surface area contributed by atoms with E-state index in [4.69, 9.17) is 4.74 Å². The van der Waals surface area contributed by atoms with E-state index in [1.54, 1.807) is 7.11 Å². The van der Waals surface area contributed by atoms with Crippen molar-refractivity contribution in [1.29, 1.82) is 0 Å². The molecule has 0 bridgehead atoms. The number of hydrogen-bond acceptors (Lipinski definition) is 3. The molecule has 0 heterocycles. The molecular formula is C16H26N2O. The van der Waals surface area contributed by atoms with Gasteiger partial charge in [0.25, 0.3) is 0 Å². The first-order valence-corrected chi connectivity index (χ1v) is 7.25. The number of methoxy groups -OCH3 is 1. The molecule has 0 aromatic heterocycles. The van der Waals surface area contributed by atoms with E-state index in [-0.39, 0.29) is 0 Å². The minimum atomic E-state index is 0.677. The zero-order valence-corrected chi connectivity index (χ0v) is 12.4. The largest absolute Gasteiger partial charge is 0.497 e. The summed E-state index contributed by atoms with van der Waals surface area (Å²) in [6, 6.07) is 7.20. The van der Waals surface area contributed by atoms with E-state index < -0.39 is 0 Å². The van der Waals surface area contributed by atoms with Crippen molar-refractivity contribution < 1.29 is 4.74 Å². The number of ether oxygens (including phenoxy) is 1. The van der Waals surface area contributed by atoms with Crippen LogP contribution in [0.15, 0.2) is 18.2 Å². The van der Waals surface area contributed by atoms with Crippen LogP contribution in [0.3, 0.4) is 0 Å². The van der Waals surface area contributed by atoms with Gasteiger partial charge in [-0.1, -0.05) is 6.07 Å². The van der Waals surface area contributed by atoms with Crippen LogP contribution in [0.25, 0.3) is 0 Å². The van der Waals surface area contributed by atoms with Crippen molar-refractivity contribution in [2.24, 2.45) is 0 Å². The lowest BCUT2D eigenvalue weighted by molar-refractivity contribution is 0.219. The molecule has 1 aromatic rings. The third-order valence-electron chi connectivity index (χ3n) is 4.18. The fourth-order valence-electron chi connectivity index (χ4n) is 2.91. The molecule has 0 spiro atoms. The maximum absolute atomic E-state index is 5.33. The van der Waals surface area contributed by atoms with Crippen molar-refractivity contribution >= 4 is 0 Å². The molecule has 19 heavy (non-hydrogen) atoms. The Hall–Kier alpha value is -1.06. The van der Waals surface area contributed by atoms with Gasteiger partial charge in [0.1, 0.15) is 5.75 Å².